The number of halogens is 1. The first-order chi connectivity index (χ1) is 5.72. The van der Waals surface area contributed by atoms with Crippen LogP contribution in [0.15, 0.2) is 3.92 Å². The van der Waals surface area contributed by atoms with Gasteiger partial charge in [-0.2, -0.15) is 0 Å². The highest BCUT2D eigenvalue weighted by molar-refractivity contribution is 9.11. The predicted molar refractivity (Wildman–Crippen MR) is 52.6 cm³/mol. The highest BCUT2D eigenvalue weighted by Crippen LogP contribution is 2.20. The Hall–Kier alpha value is -0.200. The van der Waals surface area contributed by atoms with Crippen molar-refractivity contribution in [3.05, 3.63) is 3.92 Å². The number of methoxy groups -OCH3 is 1. The highest BCUT2D eigenvalue weighted by atomic mass is 79.9. The van der Waals surface area contributed by atoms with E-state index in [1.54, 1.807) is 7.11 Å². The summed E-state index contributed by atoms with van der Waals surface area (Å²) in [4.78, 5) is 0. The quantitative estimate of drug-likeness (QED) is 0.886. The molecule has 1 atom stereocenters. The Balaban J connectivity index is 2.41. The Morgan fingerprint density at radius 2 is 2.42 bits per heavy atom. The average molecular weight is 252 g/mol. The van der Waals surface area contributed by atoms with Gasteiger partial charge < -0.3 is 10.1 Å². The summed E-state index contributed by atoms with van der Waals surface area (Å²) in [7, 11) is 1.67. The molecule has 1 aromatic rings. The predicted octanol–water partition coefficient (Wildman–Crippen LogP) is 1.75. The third-order valence-electron chi connectivity index (χ3n) is 1.19. The molecule has 0 fully saturated rings. The third kappa shape index (κ3) is 3.04. The number of nitrogens with zero attached hydrogens (tertiary/aromatic N) is 2. The van der Waals surface area contributed by atoms with E-state index in [1.807, 2.05) is 6.92 Å². The number of hydrogen-bond acceptors (Lipinski definition) is 5. The maximum absolute atomic E-state index is 4.96. The van der Waals surface area contributed by atoms with Gasteiger partial charge in [-0.05, 0) is 22.9 Å². The summed E-state index contributed by atoms with van der Waals surface area (Å²) in [6.07, 6.45) is 0. The molecule has 12 heavy (non-hydrogen) atoms. The maximum atomic E-state index is 4.96. The zero-order valence-electron chi connectivity index (χ0n) is 6.87. The summed E-state index contributed by atoms with van der Waals surface area (Å²) in [5.74, 6) is 0. The molecule has 0 radical (unpaired) electrons. The lowest BCUT2D eigenvalue weighted by molar-refractivity contribution is 0.190. The van der Waals surface area contributed by atoms with Gasteiger partial charge in [-0.25, -0.2) is 0 Å². The summed E-state index contributed by atoms with van der Waals surface area (Å²) in [5, 5.41) is 11.7. The molecular weight excluding hydrogens is 242 g/mol. The molecule has 1 rings (SSSR count). The molecule has 0 saturated heterocycles. The largest absolute Gasteiger partial charge is 0.383 e. The van der Waals surface area contributed by atoms with E-state index in [9.17, 15) is 0 Å². The molecule has 1 heterocycles. The van der Waals surface area contributed by atoms with Crippen molar-refractivity contribution in [3.63, 3.8) is 0 Å². The Kier molecular flexibility index (Phi) is 3.90. The molecule has 1 unspecified atom stereocenters. The minimum Gasteiger partial charge on any atom is -0.383 e. The van der Waals surface area contributed by atoms with Gasteiger partial charge in [-0.1, -0.05) is 11.3 Å². The van der Waals surface area contributed by atoms with Crippen LogP contribution >= 0.6 is 27.3 Å². The number of aromatic nitrogens is 2. The van der Waals surface area contributed by atoms with E-state index in [1.165, 1.54) is 11.3 Å². The zero-order chi connectivity index (χ0) is 8.97. The SMILES string of the molecule is COCC(C)Nc1nnc(Br)s1. The molecule has 6 heteroatoms. The normalized spacial score (nSPS) is 12.9. The van der Waals surface area contributed by atoms with Gasteiger partial charge in [0, 0.05) is 13.2 Å². The molecule has 0 saturated carbocycles. The number of rotatable bonds is 4. The molecule has 4 nitrogen and oxygen atoms in total. The van der Waals surface area contributed by atoms with Gasteiger partial charge in [0.15, 0.2) is 3.92 Å². The zero-order valence-corrected chi connectivity index (χ0v) is 9.28. The van der Waals surface area contributed by atoms with E-state index >= 15 is 0 Å². The second kappa shape index (κ2) is 4.74. The molecule has 0 spiro atoms. The summed E-state index contributed by atoms with van der Waals surface area (Å²) in [5.41, 5.74) is 0. The van der Waals surface area contributed by atoms with Crippen molar-refractivity contribution < 1.29 is 4.74 Å². The second-order valence-electron chi connectivity index (χ2n) is 2.36. The highest BCUT2D eigenvalue weighted by Gasteiger charge is 2.04. The first-order valence-corrected chi connectivity index (χ1v) is 5.08. The van der Waals surface area contributed by atoms with Crippen molar-refractivity contribution in [1.29, 1.82) is 0 Å². The van der Waals surface area contributed by atoms with Crippen LogP contribution in [0.4, 0.5) is 5.13 Å². The molecule has 1 aromatic heterocycles. The topological polar surface area (TPSA) is 47.0 Å². The standard InChI is InChI=1S/C6H10BrN3OS/c1-4(3-11-2)8-6-10-9-5(7)12-6/h4H,3H2,1-2H3,(H,8,10). The van der Waals surface area contributed by atoms with Crippen LogP contribution in [0, 0.1) is 0 Å². The van der Waals surface area contributed by atoms with E-state index in [-0.39, 0.29) is 6.04 Å². The monoisotopic (exact) mass is 251 g/mol. The van der Waals surface area contributed by atoms with Crippen molar-refractivity contribution in [2.75, 3.05) is 19.0 Å². The average Bonchev–Trinajstić information content (AvgIpc) is 2.36. The lowest BCUT2D eigenvalue weighted by atomic mass is 10.4. The van der Waals surface area contributed by atoms with Gasteiger partial charge in [0.25, 0.3) is 0 Å². The molecule has 0 aromatic carbocycles. The smallest absolute Gasteiger partial charge is 0.206 e. The number of anilines is 1. The Morgan fingerprint density at radius 1 is 1.67 bits per heavy atom. The van der Waals surface area contributed by atoms with Gasteiger partial charge in [0.2, 0.25) is 5.13 Å². The second-order valence-corrected chi connectivity index (χ2v) is 4.61. The molecule has 1 N–H and O–H groups in total. The van der Waals surface area contributed by atoms with Crippen molar-refractivity contribution in [2.45, 2.75) is 13.0 Å². The van der Waals surface area contributed by atoms with Crippen LogP contribution in [-0.2, 0) is 4.74 Å². The van der Waals surface area contributed by atoms with Gasteiger partial charge in [0.05, 0.1) is 6.61 Å². The van der Waals surface area contributed by atoms with Crippen LogP contribution in [0.5, 0.6) is 0 Å². The van der Waals surface area contributed by atoms with E-state index in [0.717, 1.165) is 9.05 Å². The molecular formula is C6H10BrN3OS. The fraction of sp³-hybridized carbons (Fsp3) is 0.667. The van der Waals surface area contributed by atoms with Gasteiger partial charge in [-0.15, -0.1) is 10.2 Å². The van der Waals surface area contributed by atoms with Crippen LogP contribution in [-0.4, -0.2) is 30.0 Å². The van der Waals surface area contributed by atoms with Gasteiger partial charge in [0.1, 0.15) is 0 Å². The number of nitrogens with one attached hydrogen (secondary N) is 1. The minimum absolute atomic E-state index is 0.259. The minimum atomic E-state index is 0.259. The van der Waals surface area contributed by atoms with Crippen molar-refractivity contribution in [2.24, 2.45) is 0 Å². The Bertz CT molecular complexity index is 242. The maximum Gasteiger partial charge on any atom is 0.206 e. The van der Waals surface area contributed by atoms with Gasteiger partial charge in [-0.3, -0.25) is 0 Å². The summed E-state index contributed by atoms with van der Waals surface area (Å²) < 4.78 is 5.75. The van der Waals surface area contributed by atoms with Crippen LogP contribution in [0.1, 0.15) is 6.92 Å². The van der Waals surface area contributed by atoms with E-state index < -0.39 is 0 Å². The molecule has 68 valence electrons. The van der Waals surface area contributed by atoms with Crippen LogP contribution in [0.25, 0.3) is 0 Å². The van der Waals surface area contributed by atoms with Crippen molar-refractivity contribution in [1.82, 2.24) is 10.2 Å². The first kappa shape index (κ1) is 9.88. The molecule has 0 amide bonds. The van der Waals surface area contributed by atoms with E-state index in [0.29, 0.717) is 6.61 Å². The Morgan fingerprint density at radius 3 is 2.92 bits per heavy atom. The fourth-order valence-corrected chi connectivity index (χ4v) is 1.89. The van der Waals surface area contributed by atoms with Crippen LogP contribution in [0.3, 0.4) is 0 Å². The third-order valence-corrected chi connectivity index (χ3v) is 2.47. The fourth-order valence-electron chi connectivity index (χ4n) is 0.766. The number of ether oxygens (including phenoxy) is 1. The summed E-state index contributed by atoms with van der Waals surface area (Å²) in [6, 6.07) is 0.259. The summed E-state index contributed by atoms with van der Waals surface area (Å²) in [6.45, 7) is 2.69. The lowest BCUT2D eigenvalue weighted by Crippen LogP contribution is -2.20. The van der Waals surface area contributed by atoms with Crippen molar-refractivity contribution in [3.8, 4) is 0 Å². The molecule has 0 bridgehead atoms. The summed E-state index contributed by atoms with van der Waals surface area (Å²) >= 11 is 4.70. The molecule has 0 aliphatic carbocycles. The Labute approximate surface area is 83.5 Å². The number of hydrogen-bond donors (Lipinski definition) is 1. The van der Waals surface area contributed by atoms with Crippen LogP contribution in [0.2, 0.25) is 0 Å². The molecule has 0 aliphatic heterocycles. The van der Waals surface area contributed by atoms with Crippen LogP contribution < -0.4 is 5.32 Å². The van der Waals surface area contributed by atoms with E-state index in [2.05, 4.69) is 31.4 Å². The van der Waals surface area contributed by atoms with E-state index in [4.69, 9.17) is 4.74 Å². The van der Waals surface area contributed by atoms with Gasteiger partial charge >= 0.3 is 0 Å². The van der Waals surface area contributed by atoms with Crippen molar-refractivity contribution >= 4 is 32.4 Å². The lowest BCUT2D eigenvalue weighted by Gasteiger charge is -2.09. The first-order valence-electron chi connectivity index (χ1n) is 3.47. The molecule has 0 aliphatic rings.